The molecular formula is C33H46N6O7S. The van der Waals surface area contributed by atoms with E-state index in [2.05, 4.69) is 15.6 Å². The summed E-state index contributed by atoms with van der Waals surface area (Å²) in [6.45, 7) is 5.85. The van der Waals surface area contributed by atoms with Gasteiger partial charge in [-0.15, -0.1) is 0 Å². The molecule has 2 heterocycles. The number of anilines is 2. The van der Waals surface area contributed by atoms with Gasteiger partial charge in [0.05, 0.1) is 36.7 Å². The number of urea groups is 1. The van der Waals surface area contributed by atoms with Crippen LogP contribution in [0.25, 0.3) is 0 Å². The fraction of sp³-hybridized carbons (Fsp3) is 0.485. The summed E-state index contributed by atoms with van der Waals surface area (Å²) in [5.74, 6) is -0.373. The van der Waals surface area contributed by atoms with Crippen LogP contribution in [0, 0.1) is 5.92 Å². The second-order valence-corrected chi connectivity index (χ2v) is 14.1. The Labute approximate surface area is 276 Å². The summed E-state index contributed by atoms with van der Waals surface area (Å²) in [5, 5.41) is 15.7. The minimum Gasteiger partial charge on any atom is -0.490 e. The molecule has 1 aliphatic rings. The number of benzene rings is 2. The van der Waals surface area contributed by atoms with Gasteiger partial charge in [0, 0.05) is 57.3 Å². The van der Waals surface area contributed by atoms with Gasteiger partial charge < -0.3 is 34.7 Å². The van der Waals surface area contributed by atoms with E-state index in [1.54, 1.807) is 53.8 Å². The second-order valence-electron chi connectivity index (χ2n) is 12.1. The first-order valence-electron chi connectivity index (χ1n) is 15.8. The lowest BCUT2D eigenvalue weighted by atomic mass is 10.0. The minimum atomic E-state index is -3.88. The summed E-state index contributed by atoms with van der Waals surface area (Å²) >= 11 is 0. The average Bonchev–Trinajstić information content (AvgIpc) is 3.49. The van der Waals surface area contributed by atoms with Crippen molar-refractivity contribution in [2.24, 2.45) is 13.0 Å². The standard InChI is InChI=1S/C33H46N6O7S/c1-23-18-39(24(2)21-40)32(41)28-17-27(36-33(42)35-26-12-7-6-8-13-26)14-15-29(28)46-25(3)11-9-10-16-45-30(23)19-38(5)47(43,44)31-20-37(4)22-34-31/h6-8,12-15,17,20,22-25,30,40H,9-11,16,18-19,21H2,1-5H3,(H2,35,36,42)/t23-,24+,25-,30+/m1/s1. The van der Waals surface area contributed by atoms with Crippen LogP contribution in [0.15, 0.2) is 66.1 Å². The van der Waals surface area contributed by atoms with Gasteiger partial charge in [-0.1, -0.05) is 25.1 Å². The molecule has 256 valence electrons. The molecule has 2 aromatic carbocycles. The molecule has 3 aromatic rings. The van der Waals surface area contributed by atoms with Crippen molar-refractivity contribution in [3.8, 4) is 5.75 Å². The number of para-hydroxylation sites is 1. The highest BCUT2D eigenvalue weighted by Gasteiger charge is 2.33. The topological polar surface area (TPSA) is 155 Å². The zero-order valence-corrected chi connectivity index (χ0v) is 28.4. The Balaban J connectivity index is 1.62. The number of amides is 3. The van der Waals surface area contributed by atoms with E-state index in [1.165, 1.54) is 23.9 Å². The van der Waals surface area contributed by atoms with Crippen molar-refractivity contribution >= 4 is 33.3 Å². The molecule has 47 heavy (non-hydrogen) atoms. The van der Waals surface area contributed by atoms with E-state index in [4.69, 9.17) is 9.47 Å². The van der Waals surface area contributed by atoms with Crippen molar-refractivity contribution in [2.75, 3.05) is 44.0 Å². The summed E-state index contributed by atoms with van der Waals surface area (Å²) in [6.07, 6.45) is 4.31. The van der Waals surface area contributed by atoms with Crippen LogP contribution < -0.4 is 15.4 Å². The van der Waals surface area contributed by atoms with Crippen molar-refractivity contribution < 1.29 is 32.6 Å². The third kappa shape index (κ3) is 9.53. The predicted molar refractivity (Wildman–Crippen MR) is 179 cm³/mol. The number of nitrogens with one attached hydrogen (secondary N) is 2. The first-order chi connectivity index (χ1) is 22.4. The molecule has 0 unspecified atom stereocenters. The monoisotopic (exact) mass is 670 g/mol. The number of likely N-dealkylation sites (N-methyl/N-ethyl adjacent to an activating group) is 1. The van der Waals surface area contributed by atoms with Crippen molar-refractivity contribution in [1.82, 2.24) is 18.8 Å². The lowest BCUT2D eigenvalue weighted by Gasteiger charge is -2.35. The van der Waals surface area contributed by atoms with Gasteiger partial charge in [-0.2, -0.15) is 4.31 Å². The molecule has 0 spiro atoms. The van der Waals surface area contributed by atoms with Gasteiger partial charge in [-0.05, 0) is 63.4 Å². The van der Waals surface area contributed by atoms with Crippen molar-refractivity contribution in [3.05, 3.63) is 66.6 Å². The number of ether oxygens (including phenoxy) is 2. The van der Waals surface area contributed by atoms with Crippen LogP contribution in [0.3, 0.4) is 0 Å². The maximum atomic E-state index is 14.3. The number of imidazole rings is 1. The Bertz CT molecular complexity index is 1600. The molecule has 0 saturated carbocycles. The molecule has 0 bridgehead atoms. The number of fused-ring (bicyclic) bond motifs is 1. The predicted octanol–water partition coefficient (Wildman–Crippen LogP) is 4.18. The van der Waals surface area contributed by atoms with Crippen LogP contribution in [-0.4, -0.2) is 95.8 Å². The highest BCUT2D eigenvalue weighted by molar-refractivity contribution is 7.89. The Hall–Kier alpha value is -3.98. The zero-order valence-electron chi connectivity index (χ0n) is 27.6. The van der Waals surface area contributed by atoms with Crippen molar-refractivity contribution in [3.63, 3.8) is 0 Å². The number of aromatic nitrogens is 2. The van der Waals surface area contributed by atoms with Crippen molar-refractivity contribution in [2.45, 2.75) is 63.3 Å². The number of hydrogen-bond acceptors (Lipinski definition) is 8. The SMILES string of the molecule is C[C@@H]1CCCCO[C@@H](CN(C)S(=O)(=O)c2cn(C)cn2)[C@H](C)CN([C@@H](C)CO)C(=O)c2cc(NC(=O)Nc3ccccc3)ccc2O1. The van der Waals surface area contributed by atoms with E-state index in [1.807, 2.05) is 32.0 Å². The minimum absolute atomic E-state index is 0.0380. The molecular weight excluding hydrogens is 624 g/mol. The van der Waals surface area contributed by atoms with Gasteiger partial charge in [-0.25, -0.2) is 18.2 Å². The molecule has 1 aliphatic heterocycles. The molecule has 14 heteroatoms. The number of sulfonamides is 1. The average molecular weight is 671 g/mol. The Kier molecular flexibility index (Phi) is 12.4. The maximum absolute atomic E-state index is 14.3. The van der Waals surface area contributed by atoms with E-state index in [-0.39, 0.29) is 42.3 Å². The number of carbonyl (C=O) groups is 2. The van der Waals surface area contributed by atoms with Crippen LogP contribution in [0.5, 0.6) is 5.75 Å². The molecule has 0 radical (unpaired) electrons. The molecule has 13 nitrogen and oxygen atoms in total. The third-order valence-electron chi connectivity index (χ3n) is 8.13. The summed E-state index contributed by atoms with van der Waals surface area (Å²) in [5.41, 5.74) is 1.23. The van der Waals surface area contributed by atoms with Gasteiger partial charge in [0.15, 0.2) is 5.03 Å². The van der Waals surface area contributed by atoms with E-state index >= 15 is 0 Å². The van der Waals surface area contributed by atoms with E-state index in [0.29, 0.717) is 30.2 Å². The maximum Gasteiger partial charge on any atom is 0.323 e. The molecule has 4 rings (SSSR count). The Morgan fingerprint density at radius 2 is 1.85 bits per heavy atom. The van der Waals surface area contributed by atoms with Gasteiger partial charge in [0.2, 0.25) is 0 Å². The van der Waals surface area contributed by atoms with Gasteiger partial charge in [0.1, 0.15) is 5.75 Å². The number of aliphatic hydroxyl groups is 1. The second kappa shape index (κ2) is 16.2. The van der Waals surface area contributed by atoms with E-state index in [9.17, 15) is 23.1 Å². The lowest BCUT2D eigenvalue weighted by Crippen LogP contribution is -2.48. The largest absolute Gasteiger partial charge is 0.490 e. The van der Waals surface area contributed by atoms with Gasteiger partial charge >= 0.3 is 6.03 Å². The Morgan fingerprint density at radius 1 is 1.13 bits per heavy atom. The first kappa shape index (κ1) is 35.9. The summed E-state index contributed by atoms with van der Waals surface area (Å²) in [4.78, 5) is 32.6. The molecule has 0 saturated heterocycles. The smallest absolute Gasteiger partial charge is 0.323 e. The molecule has 1 aromatic heterocycles. The van der Waals surface area contributed by atoms with Gasteiger partial charge in [0.25, 0.3) is 15.9 Å². The van der Waals surface area contributed by atoms with Crippen LogP contribution in [0.4, 0.5) is 16.2 Å². The Morgan fingerprint density at radius 3 is 2.53 bits per heavy atom. The highest BCUT2D eigenvalue weighted by atomic mass is 32.2. The molecule has 0 aliphatic carbocycles. The molecule has 3 amide bonds. The fourth-order valence-electron chi connectivity index (χ4n) is 5.31. The molecule has 3 N–H and O–H groups in total. The summed E-state index contributed by atoms with van der Waals surface area (Å²) in [6, 6.07) is 12.9. The number of rotatable bonds is 8. The van der Waals surface area contributed by atoms with Crippen LogP contribution >= 0.6 is 0 Å². The third-order valence-corrected chi connectivity index (χ3v) is 9.84. The number of aryl methyl sites for hydroxylation is 1. The van der Waals surface area contributed by atoms with Crippen LogP contribution in [0.1, 0.15) is 50.4 Å². The highest BCUT2D eigenvalue weighted by Crippen LogP contribution is 2.29. The van der Waals surface area contributed by atoms with Crippen LogP contribution in [-0.2, 0) is 21.8 Å². The van der Waals surface area contributed by atoms with E-state index in [0.717, 1.165) is 12.8 Å². The van der Waals surface area contributed by atoms with Gasteiger partial charge in [-0.3, -0.25) is 4.79 Å². The zero-order chi connectivity index (χ0) is 34.1. The number of nitrogens with zero attached hydrogens (tertiary/aromatic N) is 4. The first-order valence-corrected chi connectivity index (χ1v) is 17.2. The lowest BCUT2D eigenvalue weighted by molar-refractivity contribution is -0.00835. The van der Waals surface area contributed by atoms with Crippen LogP contribution in [0.2, 0.25) is 0 Å². The number of carbonyl (C=O) groups excluding carboxylic acids is 2. The number of hydrogen-bond donors (Lipinski definition) is 3. The number of aliphatic hydroxyl groups excluding tert-OH is 1. The normalized spacial score (nSPS) is 20.5. The fourth-order valence-corrected chi connectivity index (χ4v) is 6.45. The van der Waals surface area contributed by atoms with E-state index < -0.39 is 34.1 Å². The quantitative estimate of drug-likeness (QED) is 0.323. The van der Waals surface area contributed by atoms with Crippen molar-refractivity contribution in [1.29, 1.82) is 0 Å². The molecule has 0 fully saturated rings. The molecule has 4 atom stereocenters. The summed E-state index contributed by atoms with van der Waals surface area (Å²) < 4.78 is 41.9. The summed E-state index contributed by atoms with van der Waals surface area (Å²) in [7, 11) is -0.696.